The monoisotopic (exact) mass is 584 g/mol. The van der Waals surface area contributed by atoms with Gasteiger partial charge in [-0.25, -0.2) is 4.39 Å². The SMILES string of the molecule is C=C(F)C(=O)N1CCN(c2nc(OCC3CCCN3C)nc3c2CCN(c2c(C)ncc4ccccc24)C3)CC1CC#N. The van der Waals surface area contributed by atoms with E-state index in [1.54, 1.807) is 0 Å². The van der Waals surface area contributed by atoms with Gasteiger partial charge < -0.3 is 24.3 Å². The molecule has 2 fully saturated rings. The minimum atomic E-state index is -1.01. The second kappa shape index (κ2) is 12.1. The van der Waals surface area contributed by atoms with Gasteiger partial charge in [-0.05, 0) is 39.8 Å². The summed E-state index contributed by atoms with van der Waals surface area (Å²) in [6, 6.07) is 10.6. The molecule has 1 aromatic carbocycles. The van der Waals surface area contributed by atoms with Crippen molar-refractivity contribution in [3.8, 4) is 12.1 Å². The summed E-state index contributed by atoms with van der Waals surface area (Å²) >= 11 is 0. The minimum Gasteiger partial charge on any atom is -0.462 e. The molecule has 6 rings (SSSR count). The highest BCUT2D eigenvalue weighted by Crippen LogP contribution is 2.36. The van der Waals surface area contributed by atoms with Gasteiger partial charge in [0.2, 0.25) is 0 Å². The zero-order chi connectivity index (χ0) is 30.1. The number of amides is 1. The number of hydrogen-bond acceptors (Lipinski definition) is 9. The van der Waals surface area contributed by atoms with Gasteiger partial charge in [-0.3, -0.25) is 9.78 Å². The van der Waals surface area contributed by atoms with Gasteiger partial charge in [0.05, 0.1) is 42.2 Å². The Bertz CT molecular complexity index is 1590. The second-order valence-electron chi connectivity index (χ2n) is 11.7. The van der Waals surface area contributed by atoms with Crippen LogP contribution in [0, 0.1) is 18.3 Å². The number of likely N-dealkylation sites (N-methyl/N-ethyl adjacent to an activating group) is 1. The van der Waals surface area contributed by atoms with E-state index >= 15 is 0 Å². The molecule has 2 atom stereocenters. The average Bonchev–Trinajstić information content (AvgIpc) is 3.43. The molecular formula is C32H37FN8O2. The third-order valence-electron chi connectivity index (χ3n) is 8.97. The van der Waals surface area contributed by atoms with Gasteiger partial charge in [-0.2, -0.15) is 15.2 Å². The van der Waals surface area contributed by atoms with E-state index in [2.05, 4.69) is 57.6 Å². The molecule has 2 aromatic heterocycles. The predicted molar refractivity (Wildman–Crippen MR) is 163 cm³/mol. The number of nitrogens with zero attached hydrogens (tertiary/aromatic N) is 8. The fraction of sp³-hybridized carbons (Fsp3) is 0.469. The highest BCUT2D eigenvalue weighted by molar-refractivity contribution is 5.95. The first kappa shape index (κ1) is 28.8. The molecule has 2 saturated heterocycles. The van der Waals surface area contributed by atoms with Gasteiger partial charge in [-0.15, -0.1) is 0 Å². The predicted octanol–water partition coefficient (Wildman–Crippen LogP) is 3.78. The highest BCUT2D eigenvalue weighted by atomic mass is 19.1. The Morgan fingerprint density at radius 3 is 2.77 bits per heavy atom. The number of likely N-dealkylation sites (tertiary alicyclic amines) is 1. The van der Waals surface area contributed by atoms with E-state index < -0.39 is 17.8 Å². The number of aromatic nitrogens is 3. The largest absolute Gasteiger partial charge is 0.462 e. The molecule has 0 aliphatic carbocycles. The lowest BCUT2D eigenvalue weighted by molar-refractivity contribution is -0.131. The van der Waals surface area contributed by atoms with Gasteiger partial charge in [0.1, 0.15) is 12.4 Å². The van der Waals surface area contributed by atoms with Gasteiger partial charge in [0.25, 0.3) is 5.91 Å². The number of benzene rings is 1. The van der Waals surface area contributed by atoms with Crippen molar-refractivity contribution in [1.82, 2.24) is 24.8 Å². The molecule has 0 bridgehead atoms. The van der Waals surface area contributed by atoms with Gasteiger partial charge >= 0.3 is 6.01 Å². The van der Waals surface area contributed by atoms with Crippen LogP contribution in [0.15, 0.2) is 42.9 Å². The van der Waals surface area contributed by atoms with E-state index in [-0.39, 0.29) is 13.0 Å². The number of ether oxygens (including phenoxy) is 1. The molecule has 5 heterocycles. The van der Waals surface area contributed by atoms with Crippen molar-refractivity contribution >= 4 is 28.2 Å². The van der Waals surface area contributed by atoms with Crippen molar-refractivity contribution in [3.63, 3.8) is 0 Å². The van der Waals surface area contributed by atoms with Crippen molar-refractivity contribution < 1.29 is 13.9 Å². The number of hydrogen-bond donors (Lipinski definition) is 0. The molecule has 0 spiro atoms. The zero-order valence-electron chi connectivity index (χ0n) is 24.8. The molecule has 3 aliphatic rings. The van der Waals surface area contributed by atoms with Crippen LogP contribution in [-0.2, 0) is 17.8 Å². The number of aryl methyl sites for hydroxylation is 1. The standard InChI is InChI=1S/C32H37FN8O2/c1-21(33)31(42)41-16-15-40(18-24(41)10-12-34)30-27-11-14-39(29-22(2)35-17-23-7-4-5-9-26(23)29)19-28(27)36-32(37-30)43-20-25-8-6-13-38(25)3/h4-5,7,9,17,24-25H,1,6,8,10-11,13-16,18-20H2,2-3H3. The number of pyridine rings is 1. The minimum absolute atomic E-state index is 0.0846. The Kier molecular flexibility index (Phi) is 8.13. The number of piperazine rings is 1. The Hall–Kier alpha value is -4.30. The molecule has 0 radical (unpaired) electrons. The summed E-state index contributed by atoms with van der Waals surface area (Å²) < 4.78 is 20.1. The van der Waals surface area contributed by atoms with Crippen LogP contribution < -0.4 is 14.5 Å². The molecule has 2 unspecified atom stereocenters. The van der Waals surface area contributed by atoms with Crippen LogP contribution in [0.25, 0.3) is 10.8 Å². The smallest absolute Gasteiger partial charge is 0.318 e. The molecule has 3 aromatic rings. The lowest BCUT2D eigenvalue weighted by Gasteiger charge is -2.42. The number of rotatable bonds is 7. The first-order valence-electron chi connectivity index (χ1n) is 14.9. The van der Waals surface area contributed by atoms with Crippen molar-refractivity contribution in [2.24, 2.45) is 0 Å². The Morgan fingerprint density at radius 1 is 1.16 bits per heavy atom. The highest BCUT2D eigenvalue weighted by Gasteiger charge is 2.35. The van der Waals surface area contributed by atoms with E-state index in [4.69, 9.17) is 14.7 Å². The number of fused-ring (bicyclic) bond motifs is 2. The Balaban J connectivity index is 1.34. The second-order valence-corrected chi connectivity index (χ2v) is 11.7. The number of anilines is 2. The fourth-order valence-corrected chi connectivity index (χ4v) is 6.66. The normalized spacial score (nSPS) is 20.7. The molecule has 3 aliphatic heterocycles. The summed E-state index contributed by atoms with van der Waals surface area (Å²) in [4.78, 5) is 35.2. The summed E-state index contributed by atoms with van der Waals surface area (Å²) in [6.45, 7) is 9.18. The number of carbonyl (C=O) groups is 1. The fourth-order valence-electron chi connectivity index (χ4n) is 6.66. The van der Waals surface area contributed by atoms with Gasteiger partial charge in [-0.1, -0.05) is 30.8 Å². The Morgan fingerprint density at radius 2 is 2.00 bits per heavy atom. The maximum atomic E-state index is 13.8. The van der Waals surface area contributed by atoms with Crippen molar-refractivity contribution in [1.29, 1.82) is 5.26 Å². The van der Waals surface area contributed by atoms with Gasteiger partial charge in [0.15, 0.2) is 5.83 Å². The van der Waals surface area contributed by atoms with Crippen LogP contribution in [0.2, 0.25) is 0 Å². The maximum Gasteiger partial charge on any atom is 0.318 e. The quantitative estimate of drug-likeness (QED) is 0.384. The van der Waals surface area contributed by atoms with E-state index in [1.807, 2.05) is 19.2 Å². The topological polar surface area (TPSA) is 102 Å². The molecule has 11 heteroatoms. The van der Waals surface area contributed by atoms with Crippen LogP contribution in [0.4, 0.5) is 15.9 Å². The van der Waals surface area contributed by atoms with Crippen LogP contribution in [0.5, 0.6) is 6.01 Å². The van der Waals surface area contributed by atoms with Crippen molar-refractivity contribution in [2.75, 3.05) is 56.2 Å². The van der Waals surface area contributed by atoms with E-state index in [1.165, 1.54) is 4.90 Å². The van der Waals surface area contributed by atoms with Gasteiger partial charge in [0, 0.05) is 54.8 Å². The molecule has 0 N–H and O–H groups in total. The van der Waals surface area contributed by atoms with Crippen LogP contribution in [-0.4, -0.2) is 89.1 Å². The Labute approximate surface area is 251 Å². The van der Waals surface area contributed by atoms with E-state index in [0.29, 0.717) is 44.7 Å². The molecule has 0 saturated carbocycles. The molecule has 1 amide bonds. The van der Waals surface area contributed by atoms with Crippen molar-refractivity contribution in [2.45, 2.75) is 51.2 Å². The lowest BCUT2D eigenvalue weighted by Crippen LogP contribution is -2.55. The van der Waals surface area contributed by atoms with E-state index in [9.17, 15) is 14.4 Å². The third kappa shape index (κ3) is 5.71. The average molecular weight is 585 g/mol. The summed E-state index contributed by atoms with van der Waals surface area (Å²) in [7, 11) is 2.11. The molecule has 43 heavy (non-hydrogen) atoms. The summed E-state index contributed by atoms with van der Waals surface area (Å²) in [5, 5.41) is 11.7. The molecular weight excluding hydrogens is 547 g/mol. The van der Waals surface area contributed by atoms with Crippen LogP contribution >= 0.6 is 0 Å². The lowest BCUT2D eigenvalue weighted by atomic mass is 10.0. The summed E-state index contributed by atoms with van der Waals surface area (Å²) in [6.07, 6.45) is 4.92. The summed E-state index contributed by atoms with van der Waals surface area (Å²) in [5.74, 6) is -1.01. The number of nitriles is 1. The number of halogens is 1. The molecule has 10 nitrogen and oxygen atoms in total. The number of carbonyl (C=O) groups excluding carboxylic acids is 1. The maximum absolute atomic E-state index is 13.8. The van der Waals surface area contributed by atoms with Crippen LogP contribution in [0.3, 0.4) is 0 Å². The third-order valence-corrected chi connectivity index (χ3v) is 8.97. The zero-order valence-corrected chi connectivity index (χ0v) is 24.8. The molecule has 224 valence electrons. The van der Waals surface area contributed by atoms with E-state index in [0.717, 1.165) is 65.2 Å². The first-order chi connectivity index (χ1) is 20.8. The van der Waals surface area contributed by atoms with Crippen molar-refractivity contribution in [3.05, 3.63) is 59.8 Å². The van der Waals surface area contributed by atoms with Crippen LogP contribution in [0.1, 0.15) is 36.2 Å². The first-order valence-corrected chi connectivity index (χ1v) is 14.9. The summed E-state index contributed by atoms with van der Waals surface area (Å²) in [5.41, 5.74) is 4.00.